The number of aliphatic carboxylic acids is 1. The molecule has 0 saturated heterocycles. The number of carboxylic acid groups (broad SMARTS) is 1. The van der Waals surface area contributed by atoms with Crippen LogP contribution < -0.4 is 4.72 Å². The molecule has 0 spiro atoms. The number of carbonyl (C=O) groups is 1. The molecule has 116 valence electrons. The molecule has 0 aliphatic heterocycles. The molecule has 0 radical (unpaired) electrons. The molecule has 0 unspecified atom stereocenters. The van der Waals surface area contributed by atoms with Crippen LogP contribution in [0.25, 0.3) is 0 Å². The maximum atomic E-state index is 13.5. The van der Waals surface area contributed by atoms with E-state index in [4.69, 9.17) is 5.11 Å². The van der Waals surface area contributed by atoms with Crippen molar-refractivity contribution in [2.75, 3.05) is 0 Å². The molecule has 2 N–H and O–H groups in total. The average Bonchev–Trinajstić information content (AvgIpc) is 2.41. The first-order valence-electron chi connectivity index (χ1n) is 6.81. The Kier molecular flexibility index (Phi) is 4.63. The maximum absolute atomic E-state index is 13.5. The smallest absolute Gasteiger partial charge is 0.306 e. The quantitative estimate of drug-likeness (QED) is 0.891. The monoisotopic (exact) mass is 315 g/mol. The van der Waals surface area contributed by atoms with Crippen LogP contribution in [-0.2, 0) is 14.8 Å². The predicted molar refractivity (Wildman–Crippen MR) is 74.8 cm³/mol. The lowest BCUT2D eigenvalue weighted by molar-refractivity contribution is -0.142. The highest BCUT2D eigenvalue weighted by atomic mass is 32.2. The third-order valence-corrected chi connectivity index (χ3v) is 5.57. The van der Waals surface area contributed by atoms with E-state index in [1.165, 1.54) is 25.1 Å². The zero-order chi connectivity index (χ0) is 15.6. The minimum absolute atomic E-state index is 0.0668. The van der Waals surface area contributed by atoms with Crippen molar-refractivity contribution in [2.24, 2.45) is 5.92 Å². The van der Waals surface area contributed by atoms with Gasteiger partial charge in [-0.1, -0.05) is 6.07 Å². The molecule has 1 saturated carbocycles. The van der Waals surface area contributed by atoms with Crippen molar-refractivity contribution in [1.29, 1.82) is 0 Å². The van der Waals surface area contributed by atoms with Crippen LogP contribution in [0.1, 0.15) is 31.2 Å². The summed E-state index contributed by atoms with van der Waals surface area (Å²) in [5.74, 6) is -1.80. The zero-order valence-corrected chi connectivity index (χ0v) is 12.5. The summed E-state index contributed by atoms with van der Waals surface area (Å²) in [7, 11) is -3.79. The Hall–Kier alpha value is -1.47. The first-order valence-corrected chi connectivity index (χ1v) is 8.30. The van der Waals surface area contributed by atoms with Gasteiger partial charge in [0.05, 0.1) is 10.8 Å². The average molecular weight is 315 g/mol. The van der Waals surface area contributed by atoms with Crippen LogP contribution in [0.5, 0.6) is 0 Å². The highest BCUT2D eigenvalue weighted by molar-refractivity contribution is 7.89. The standard InChI is InChI=1S/C14H18FNO4S/c1-9-12(15)3-2-4-13(9)21(19,20)16-11-7-5-10(6-8-11)14(17)18/h2-4,10-11,16H,5-8H2,1H3,(H,17,18). The van der Waals surface area contributed by atoms with Gasteiger partial charge in [-0.15, -0.1) is 0 Å². The molecule has 0 aromatic heterocycles. The minimum atomic E-state index is -3.79. The molecule has 1 aliphatic rings. The molecular weight excluding hydrogens is 297 g/mol. The van der Waals surface area contributed by atoms with Crippen LogP contribution in [-0.4, -0.2) is 25.5 Å². The lowest BCUT2D eigenvalue weighted by atomic mass is 9.87. The van der Waals surface area contributed by atoms with Crippen LogP contribution in [0.3, 0.4) is 0 Å². The number of carboxylic acids is 1. The van der Waals surface area contributed by atoms with Crippen molar-refractivity contribution in [1.82, 2.24) is 4.72 Å². The summed E-state index contributed by atoms with van der Waals surface area (Å²) >= 11 is 0. The second-order valence-corrected chi connectivity index (χ2v) is 7.05. The number of sulfonamides is 1. The SMILES string of the molecule is Cc1c(F)cccc1S(=O)(=O)NC1CCC(C(=O)O)CC1. The second-order valence-electron chi connectivity index (χ2n) is 5.37. The fourth-order valence-electron chi connectivity index (χ4n) is 2.62. The first kappa shape index (κ1) is 15.9. The van der Waals surface area contributed by atoms with Gasteiger partial charge in [0.15, 0.2) is 0 Å². The van der Waals surface area contributed by atoms with Gasteiger partial charge in [-0.25, -0.2) is 17.5 Å². The number of nitrogens with one attached hydrogen (secondary N) is 1. The summed E-state index contributed by atoms with van der Waals surface area (Å²) in [6.07, 6.45) is 1.85. The summed E-state index contributed by atoms with van der Waals surface area (Å²) in [4.78, 5) is 10.8. The number of benzene rings is 1. The highest BCUT2D eigenvalue weighted by Gasteiger charge is 2.29. The van der Waals surface area contributed by atoms with Crippen LogP contribution in [0, 0.1) is 18.7 Å². The van der Waals surface area contributed by atoms with Crippen molar-refractivity contribution < 1.29 is 22.7 Å². The van der Waals surface area contributed by atoms with Crippen LogP contribution in [0.4, 0.5) is 4.39 Å². The Labute approximate surface area is 123 Å². The number of rotatable bonds is 4. The fraction of sp³-hybridized carbons (Fsp3) is 0.500. The molecule has 5 nitrogen and oxygen atoms in total. The molecule has 1 aliphatic carbocycles. The second kappa shape index (κ2) is 6.11. The van der Waals surface area contributed by atoms with Gasteiger partial charge < -0.3 is 5.11 Å². The predicted octanol–water partition coefficient (Wildman–Crippen LogP) is 2.06. The van der Waals surface area contributed by atoms with Gasteiger partial charge in [0, 0.05) is 11.6 Å². The van der Waals surface area contributed by atoms with Gasteiger partial charge in [-0.3, -0.25) is 4.79 Å². The normalized spacial score (nSPS) is 23.0. The van der Waals surface area contributed by atoms with Crippen molar-refractivity contribution in [3.8, 4) is 0 Å². The summed E-state index contributed by atoms with van der Waals surface area (Å²) in [5, 5.41) is 8.92. The van der Waals surface area contributed by atoms with Crippen LogP contribution >= 0.6 is 0 Å². The van der Waals surface area contributed by atoms with Gasteiger partial charge in [-0.05, 0) is 44.7 Å². The van der Waals surface area contributed by atoms with E-state index in [2.05, 4.69) is 4.72 Å². The number of hydrogen-bond donors (Lipinski definition) is 2. The lowest BCUT2D eigenvalue weighted by Gasteiger charge is -2.26. The molecule has 0 amide bonds. The van der Waals surface area contributed by atoms with E-state index in [1.807, 2.05) is 0 Å². The van der Waals surface area contributed by atoms with Crippen LogP contribution in [0.2, 0.25) is 0 Å². The third kappa shape index (κ3) is 3.59. The molecule has 1 aromatic carbocycles. The zero-order valence-electron chi connectivity index (χ0n) is 11.7. The van der Waals surface area contributed by atoms with E-state index in [9.17, 15) is 17.6 Å². The molecule has 0 atom stereocenters. The van der Waals surface area contributed by atoms with E-state index >= 15 is 0 Å². The topological polar surface area (TPSA) is 83.5 Å². The minimum Gasteiger partial charge on any atom is -0.481 e. The maximum Gasteiger partial charge on any atom is 0.306 e. The van der Waals surface area contributed by atoms with E-state index in [0.29, 0.717) is 25.7 Å². The van der Waals surface area contributed by atoms with Gasteiger partial charge >= 0.3 is 5.97 Å². The molecule has 0 bridgehead atoms. The van der Waals surface area contributed by atoms with Crippen molar-refractivity contribution in [3.63, 3.8) is 0 Å². The molecule has 7 heteroatoms. The summed E-state index contributed by atoms with van der Waals surface area (Å²) in [6, 6.07) is 3.64. The summed E-state index contributed by atoms with van der Waals surface area (Å²) in [5.41, 5.74) is 0.0872. The Balaban J connectivity index is 2.09. The van der Waals surface area contributed by atoms with E-state index < -0.39 is 27.7 Å². The van der Waals surface area contributed by atoms with Gasteiger partial charge in [0.2, 0.25) is 10.0 Å². The van der Waals surface area contributed by atoms with E-state index in [0.717, 1.165) is 0 Å². The van der Waals surface area contributed by atoms with Crippen molar-refractivity contribution in [3.05, 3.63) is 29.6 Å². The van der Waals surface area contributed by atoms with Crippen molar-refractivity contribution >= 4 is 16.0 Å². The molecular formula is C14H18FNO4S. The van der Waals surface area contributed by atoms with E-state index in [-0.39, 0.29) is 16.5 Å². The fourth-order valence-corrected chi connectivity index (χ4v) is 4.18. The molecule has 0 heterocycles. The van der Waals surface area contributed by atoms with Gasteiger partial charge in [-0.2, -0.15) is 0 Å². The Morgan fingerprint density at radius 1 is 1.29 bits per heavy atom. The number of halogens is 1. The third-order valence-electron chi connectivity index (χ3n) is 3.91. The molecule has 1 aromatic rings. The van der Waals surface area contributed by atoms with Crippen LogP contribution in [0.15, 0.2) is 23.1 Å². The number of hydrogen-bond acceptors (Lipinski definition) is 3. The Morgan fingerprint density at radius 3 is 2.48 bits per heavy atom. The summed E-state index contributed by atoms with van der Waals surface area (Å²) < 4.78 is 40.6. The highest BCUT2D eigenvalue weighted by Crippen LogP contribution is 2.26. The first-order chi connectivity index (χ1) is 9.81. The van der Waals surface area contributed by atoms with Crippen molar-refractivity contribution in [2.45, 2.75) is 43.5 Å². The van der Waals surface area contributed by atoms with Gasteiger partial charge in [0.1, 0.15) is 5.82 Å². The van der Waals surface area contributed by atoms with E-state index in [1.54, 1.807) is 0 Å². The van der Waals surface area contributed by atoms with Gasteiger partial charge in [0.25, 0.3) is 0 Å². The summed E-state index contributed by atoms with van der Waals surface area (Å²) in [6.45, 7) is 1.42. The molecule has 2 rings (SSSR count). The Morgan fingerprint density at radius 2 is 1.90 bits per heavy atom. The lowest BCUT2D eigenvalue weighted by Crippen LogP contribution is -2.39. The molecule has 1 fully saturated rings. The Bertz CT molecular complexity index is 636. The largest absolute Gasteiger partial charge is 0.481 e. The molecule has 21 heavy (non-hydrogen) atoms.